The van der Waals surface area contributed by atoms with E-state index in [9.17, 15) is 14.9 Å². The van der Waals surface area contributed by atoms with Gasteiger partial charge in [-0.25, -0.2) is 4.79 Å². The van der Waals surface area contributed by atoms with Crippen molar-refractivity contribution in [2.24, 2.45) is 5.92 Å². The van der Waals surface area contributed by atoms with Crippen LogP contribution >= 0.6 is 0 Å². The van der Waals surface area contributed by atoms with Crippen molar-refractivity contribution in [2.45, 2.75) is 26.2 Å². The third-order valence-electron chi connectivity index (χ3n) is 3.79. The Bertz CT molecular complexity index is 560. The molecule has 2 rings (SSSR count). The lowest BCUT2D eigenvalue weighted by molar-refractivity contribution is -0.384. The average molecular weight is 275 g/mol. The molecule has 0 aliphatic heterocycles. The molecule has 1 fully saturated rings. The number of ether oxygens (including phenoxy) is 1. The molecule has 0 spiro atoms. The Hall–Kier alpha value is -2.17. The SMILES string of the molecule is COC(=O)/C(Cc1ccc([N+](=O)[O-])cc1)=C1\CCC1C. The van der Waals surface area contributed by atoms with Crippen LogP contribution in [0.15, 0.2) is 35.4 Å². The highest BCUT2D eigenvalue weighted by Gasteiger charge is 2.27. The van der Waals surface area contributed by atoms with Crippen LogP contribution in [0.4, 0.5) is 5.69 Å². The van der Waals surface area contributed by atoms with Crippen LogP contribution in [0, 0.1) is 16.0 Å². The van der Waals surface area contributed by atoms with Gasteiger partial charge in [0.15, 0.2) is 0 Å². The van der Waals surface area contributed by atoms with Gasteiger partial charge < -0.3 is 4.74 Å². The zero-order valence-corrected chi connectivity index (χ0v) is 11.6. The minimum atomic E-state index is -0.433. The summed E-state index contributed by atoms with van der Waals surface area (Å²) in [6, 6.07) is 6.29. The molecule has 5 heteroatoms. The second kappa shape index (κ2) is 5.86. The van der Waals surface area contributed by atoms with Crippen molar-refractivity contribution in [3.8, 4) is 0 Å². The monoisotopic (exact) mass is 275 g/mol. The Morgan fingerprint density at radius 3 is 2.45 bits per heavy atom. The first-order valence-electron chi connectivity index (χ1n) is 6.56. The van der Waals surface area contributed by atoms with Gasteiger partial charge in [0.2, 0.25) is 0 Å². The molecular weight excluding hydrogens is 258 g/mol. The van der Waals surface area contributed by atoms with Crippen molar-refractivity contribution in [3.05, 3.63) is 51.1 Å². The summed E-state index contributed by atoms with van der Waals surface area (Å²) in [6.07, 6.45) is 2.49. The fourth-order valence-electron chi connectivity index (χ4n) is 2.41. The van der Waals surface area contributed by atoms with Gasteiger partial charge in [0.25, 0.3) is 5.69 Å². The number of nitro groups is 1. The summed E-state index contributed by atoms with van der Waals surface area (Å²) in [5.74, 6) is 0.118. The molecule has 0 aromatic heterocycles. The molecule has 0 radical (unpaired) electrons. The summed E-state index contributed by atoms with van der Waals surface area (Å²) in [6.45, 7) is 2.09. The van der Waals surface area contributed by atoms with E-state index in [-0.39, 0.29) is 11.7 Å². The van der Waals surface area contributed by atoms with E-state index in [0.717, 1.165) is 24.0 Å². The second-order valence-electron chi connectivity index (χ2n) is 5.04. The molecule has 106 valence electrons. The molecule has 0 bridgehead atoms. The van der Waals surface area contributed by atoms with Gasteiger partial charge in [-0.15, -0.1) is 0 Å². The van der Waals surface area contributed by atoms with E-state index in [0.29, 0.717) is 17.9 Å². The summed E-state index contributed by atoms with van der Waals surface area (Å²) in [7, 11) is 1.38. The third kappa shape index (κ3) is 2.87. The van der Waals surface area contributed by atoms with Gasteiger partial charge in [0, 0.05) is 24.1 Å². The van der Waals surface area contributed by atoms with Crippen molar-refractivity contribution in [1.29, 1.82) is 0 Å². The lowest BCUT2D eigenvalue weighted by Gasteiger charge is -2.29. The molecule has 20 heavy (non-hydrogen) atoms. The summed E-state index contributed by atoms with van der Waals surface area (Å²) >= 11 is 0. The number of nitro benzene ring substituents is 1. The van der Waals surface area contributed by atoms with E-state index < -0.39 is 4.92 Å². The predicted molar refractivity (Wildman–Crippen MR) is 74.2 cm³/mol. The number of methoxy groups -OCH3 is 1. The third-order valence-corrected chi connectivity index (χ3v) is 3.79. The summed E-state index contributed by atoms with van der Waals surface area (Å²) < 4.78 is 4.85. The zero-order valence-electron chi connectivity index (χ0n) is 11.6. The molecule has 1 aromatic rings. The number of allylic oxidation sites excluding steroid dienone is 1. The fraction of sp³-hybridized carbons (Fsp3) is 0.400. The van der Waals surface area contributed by atoms with Crippen LogP contribution < -0.4 is 0 Å². The van der Waals surface area contributed by atoms with Crippen molar-refractivity contribution in [1.82, 2.24) is 0 Å². The van der Waals surface area contributed by atoms with Gasteiger partial charge in [-0.2, -0.15) is 0 Å². The van der Waals surface area contributed by atoms with Gasteiger partial charge >= 0.3 is 5.97 Å². The molecule has 1 aliphatic rings. The van der Waals surface area contributed by atoms with Crippen LogP contribution in [0.1, 0.15) is 25.3 Å². The minimum absolute atomic E-state index is 0.0537. The number of carbonyl (C=O) groups excluding carboxylic acids is 1. The number of carbonyl (C=O) groups is 1. The van der Waals surface area contributed by atoms with Gasteiger partial charge in [-0.05, 0) is 24.3 Å². The standard InChI is InChI=1S/C15H17NO4/c1-10-3-8-13(10)14(15(17)20-2)9-11-4-6-12(7-5-11)16(18)19/h4-7,10H,3,8-9H2,1-2H3/b14-13+. The first-order valence-corrected chi connectivity index (χ1v) is 6.56. The first kappa shape index (κ1) is 14.2. The number of non-ortho nitro benzene ring substituents is 1. The molecule has 1 saturated carbocycles. The smallest absolute Gasteiger partial charge is 0.334 e. The summed E-state index contributed by atoms with van der Waals surface area (Å²) in [5.41, 5.74) is 2.77. The number of nitrogens with zero attached hydrogens (tertiary/aromatic N) is 1. The Morgan fingerprint density at radius 2 is 2.05 bits per heavy atom. The number of esters is 1. The van der Waals surface area contributed by atoms with Crippen LogP contribution in [0.2, 0.25) is 0 Å². The van der Waals surface area contributed by atoms with Crippen LogP contribution in [0.25, 0.3) is 0 Å². The lowest BCUT2D eigenvalue weighted by Crippen LogP contribution is -2.20. The highest BCUT2D eigenvalue weighted by molar-refractivity contribution is 5.90. The molecule has 5 nitrogen and oxygen atoms in total. The number of hydrogen-bond acceptors (Lipinski definition) is 4. The minimum Gasteiger partial charge on any atom is -0.466 e. The summed E-state index contributed by atoms with van der Waals surface area (Å²) in [4.78, 5) is 22.1. The van der Waals surface area contributed by atoms with Gasteiger partial charge in [-0.3, -0.25) is 10.1 Å². The van der Waals surface area contributed by atoms with Crippen LogP contribution in [-0.4, -0.2) is 18.0 Å². The molecule has 0 heterocycles. The fourth-order valence-corrected chi connectivity index (χ4v) is 2.41. The van der Waals surface area contributed by atoms with Crippen molar-refractivity contribution in [2.75, 3.05) is 7.11 Å². The Morgan fingerprint density at radius 1 is 1.40 bits per heavy atom. The maximum absolute atomic E-state index is 11.9. The topological polar surface area (TPSA) is 69.4 Å². The molecule has 0 N–H and O–H groups in total. The summed E-state index contributed by atoms with van der Waals surface area (Å²) in [5, 5.41) is 10.6. The quantitative estimate of drug-likeness (QED) is 0.366. The van der Waals surface area contributed by atoms with Crippen LogP contribution in [0.3, 0.4) is 0 Å². The highest BCUT2D eigenvalue weighted by atomic mass is 16.6. The van der Waals surface area contributed by atoms with Crippen molar-refractivity contribution >= 4 is 11.7 Å². The Balaban J connectivity index is 2.22. The van der Waals surface area contributed by atoms with E-state index in [2.05, 4.69) is 6.92 Å². The van der Waals surface area contributed by atoms with Crippen molar-refractivity contribution < 1.29 is 14.5 Å². The highest BCUT2D eigenvalue weighted by Crippen LogP contribution is 2.36. The van der Waals surface area contributed by atoms with Gasteiger partial charge in [0.05, 0.1) is 12.0 Å². The van der Waals surface area contributed by atoms with E-state index in [1.807, 2.05) is 0 Å². The number of rotatable bonds is 4. The first-order chi connectivity index (χ1) is 9.52. The maximum Gasteiger partial charge on any atom is 0.334 e. The van der Waals surface area contributed by atoms with E-state index >= 15 is 0 Å². The Kier molecular flexibility index (Phi) is 4.17. The second-order valence-corrected chi connectivity index (χ2v) is 5.04. The van der Waals surface area contributed by atoms with Gasteiger partial charge in [0.1, 0.15) is 0 Å². The largest absolute Gasteiger partial charge is 0.466 e. The molecule has 1 unspecified atom stereocenters. The molecule has 1 aliphatic carbocycles. The van der Waals surface area contributed by atoms with Gasteiger partial charge in [-0.1, -0.05) is 24.6 Å². The number of hydrogen-bond donors (Lipinski definition) is 0. The molecule has 0 saturated heterocycles. The average Bonchev–Trinajstić information content (AvgIpc) is 2.44. The molecule has 1 aromatic carbocycles. The molecule has 0 amide bonds. The molecular formula is C15H17NO4. The van der Waals surface area contributed by atoms with Crippen LogP contribution in [0.5, 0.6) is 0 Å². The maximum atomic E-state index is 11.9. The lowest BCUT2D eigenvalue weighted by atomic mass is 9.76. The van der Waals surface area contributed by atoms with Crippen molar-refractivity contribution in [3.63, 3.8) is 0 Å². The van der Waals surface area contributed by atoms with E-state index in [1.165, 1.54) is 19.2 Å². The zero-order chi connectivity index (χ0) is 14.7. The number of benzene rings is 1. The van der Waals surface area contributed by atoms with Crippen LogP contribution in [-0.2, 0) is 16.0 Å². The Labute approximate surface area is 117 Å². The predicted octanol–water partition coefficient (Wildman–Crippen LogP) is 3.04. The normalized spacial score (nSPS) is 20.0. The van der Waals surface area contributed by atoms with E-state index in [4.69, 9.17) is 4.74 Å². The van der Waals surface area contributed by atoms with E-state index in [1.54, 1.807) is 12.1 Å². The molecule has 1 atom stereocenters.